The van der Waals surface area contributed by atoms with Crippen LogP contribution in [0.3, 0.4) is 0 Å². The number of benzene rings is 2. The Morgan fingerprint density at radius 3 is 2.58 bits per heavy atom. The van der Waals surface area contributed by atoms with Crippen LogP contribution in [0.4, 0.5) is 0 Å². The fraction of sp³-hybridized carbons (Fsp3) is 0.417. The Morgan fingerprint density at radius 2 is 1.77 bits per heavy atom. The van der Waals surface area contributed by atoms with Gasteiger partial charge in [-0.2, -0.15) is 0 Å². The topological polar surface area (TPSA) is 72.4 Å². The van der Waals surface area contributed by atoms with E-state index in [2.05, 4.69) is 39.6 Å². The molecule has 0 bridgehead atoms. The molecule has 2 aromatic rings. The van der Waals surface area contributed by atoms with E-state index >= 15 is 0 Å². The van der Waals surface area contributed by atoms with Crippen molar-refractivity contribution in [3.63, 3.8) is 0 Å². The summed E-state index contributed by atoms with van der Waals surface area (Å²) in [6, 6.07) is 14.0. The third-order valence-corrected chi connectivity index (χ3v) is 5.55. The summed E-state index contributed by atoms with van der Waals surface area (Å²) in [6.07, 6.45) is 3.95. The van der Waals surface area contributed by atoms with Crippen molar-refractivity contribution in [2.45, 2.75) is 39.3 Å². The molecule has 1 fully saturated rings. The molecule has 0 aliphatic carbocycles. The van der Waals surface area contributed by atoms with Gasteiger partial charge in [0.2, 0.25) is 6.79 Å². The van der Waals surface area contributed by atoms with Crippen LogP contribution in [-0.4, -0.2) is 43.0 Å². The predicted octanol–water partition coefficient (Wildman–Crippen LogP) is 3.46. The van der Waals surface area contributed by atoms with Crippen molar-refractivity contribution in [1.82, 2.24) is 10.2 Å². The first-order chi connectivity index (χ1) is 15.2. The van der Waals surface area contributed by atoms with Gasteiger partial charge in [0.1, 0.15) is 0 Å². The van der Waals surface area contributed by atoms with Crippen LogP contribution in [0.15, 0.2) is 47.6 Å². The van der Waals surface area contributed by atoms with Crippen molar-refractivity contribution in [2.75, 3.05) is 26.5 Å². The highest BCUT2D eigenvalue weighted by Crippen LogP contribution is 2.32. The number of likely N-dealkylation sites (tertiary alicyclic amines) is 1. The van der Waals surface area contributed by atoms with Crippen LogP contribution >= 0.6 is 0 Å². The minimum atomic E-state index is -0.209. The van der Waals surface area contributed by atoms with Crippen molar-refractivity contribution in [2.24, 2.45) is 5.16 Å². The summed E-state index contributed by atoms with van der Waals surface area (Å²) in [5, 5.41) is 6.90. The first-order valence-corrected chi connectivity index (χ1v) is 10.8. The van der Waals surface area contributed by atoms with Crippen LogP contribution in [0.5, 0.6) is 11.5 Å². The zero-order chi connectivity index (χ0) is 21.5. The molecule has 31 heavy (non-hydrogen) atoms. The predicted molar refractivity (Wildman–Crippen MR) is 118 cm³/mol. The Kier molecular flexibility index (Phi) is 7.04. The van der Waals surface area contributed by atoms with Crippen molar-refractivity contribution in [3.05, 3.63) is 59.2 Å². The lowest BCUT2D eigenvalue weighted by Crippen LogP contribution is -2.29. The maximum absolute atomic E-state index is 12.1. The number of hydrogen-bond acceptors (Lipinski definition) is 6. The van der Waals surface area contributed by atoms with Gasteiger partial charge in [-0.3, -0.25) is 9.69 Å². The molecule has 164 valence electrons. The third-order valence-electron chi connectivity index (χ3n) is 5.55. The average molecular weight is 424 g/mol. The van der Waals surface area contributed by atoms with Gasteiger partial charge >= 0.3 is 0 Å². The number of piperidine rings is 1. The van der Waals surface area contributed by atoms with E-state index in [1.807, 2.05) is 25.1 Å². The van der Waals surface area contributed by atoms with Gasteiger partial charge in [-0.15, -0.1) is 0 Å². The normalized spacial score (nSPS) is 16.2. The summed E-state index contributed by atoms with van der Waals surface area (Å²) >= 11 is 0. The summed E-state index contributed by atoms with van der Waals surface area (Å²) < 4.78 is 10.7. The smallest absolute Gasteiger partial charge is 0.261 e. The molecular formula is C24H29N3O4. The Balaban J connectivity index is 1.19. The van der Waals surface area contributed by atoms with Crippen molar-refractivity contribution < 1.29 is 19.1 Å². The van der Waals surface area contributed by atoms with E-state index in [4.69, 9.17) is 14.3 Å². The first kappa shape index (κ1) is 21.2. The number of nitrogens with zero attached hydrogens (tertiary/aromatic N) is 2. The Bertz CT molecular complexity index is 921. The number of carbonyl (C=O) groups excluding carboxylic acids is 1. The van der Waals surface area contributed by atoms with Gasteiger partial charge in [0, 0.05) is 18.7 Å². The first-order valence-electron chi connectivity index (χ1n) is 10.8. The molecule has 1 saturated heterocycles. The molecule has 0 aromatic heterocycles. The highest BCUT2D eigenvalue weighted by Gasteiger charge is 2.14. The third kappa shape index (κ3) is 5.98. The second-order valence-electron chi connectivity index (χ2n) is 7.95. The number of oxime groups is 1. The van der Waals surface area contributed by atoms with Gasteiger partial charge in [0.15, 0.2) is 18.1 Å². The summed E-state index contributed by atoms with van der Waals surface area (Å²) in [7, 11) is 0. The molecular weight excluding hydrogens is 394 g/mol. The second kappa shape index (κ2) is 10.3. The Hall–Kier alpha value is -3.06. The standard InChI is InChI=1S/C24H29N3O4/c1-18(21-9-10-22-23(13-21)30-17-29-22)26-31-16-24(28)25-14-19-5-7-20(8-6-19)15-27-11-3-2-4-12-27/h5-10,13H,2-4,11-12,14-17H2,1H3,(H,25,28)/b26-18-. The van der Waals surface area contributed by atoms with E-state index in [9.17, 15) is 4.79 Å². The lowest BCUT2D eigenvalue weighted by Gasteiger charge is -2.26. The number of nitrogens with one attached hydrogen (secondary N) is 1. The maximum atomic E-state index is 12.1. The molecule has 0 unspecified atom stereocenters. The van der Waals surface area contributed by atoms with Gasteiger partial charge in [0.05, 0.1) is 5.71 Å². The Labute approximate surface area is 183 Å². The van der Waals surface area contributed by atoms with Crippen LogP contribution < -0.4 is 14.8 Å². The summed E-state index contributed by atoms with van der Waals surface area (Å²) in [5.74, 6) is 1.20. The number of carbonyl (C=O) groups is 1. The van der Waals surface area contributed by atoms with E-state index in [0.29, 0.717) is 18.0 Å². The van der Waals surface area contributed by atoms with E-state index in [-0.39, 0.29) is 19.3 Å². The fourth-order valence-electron chi connectivity index (χ4n) is 3.75. The zero-order valence-electron chi connectivity index (χ0n) is 17.9. The Morgan fingerprint density at radius 1 is 1.03 bits per heavy atom. The van der Waals surface area contributed by atoms with Gasteiger partial charge in [-0.25, -0.2) is 0 Å². The van der Waals surface area contributed by atoms with Crippen LogP contribution in [0.25, 0.3) is 0 Å². The zero-order valence-corrected chi connectivity index (χ0v) is 17.9. The second-order valence-corrected chi connectivity index (χ2v) is 7.95. The largest absolute Gasteiger partial charge is 0.454 e. The fourth-order valence-corrected chi connectivity index (χ4v) is 3.75. The molecule has 7 heteroatoms. The van der Waals surface area contributed by atoms with Gasteiger partial charge in [-0.1, -0.05) is 35.8 Å². The average Bonchev–Trinajstić information content (AvgIpc) is 3.27. The number of hydrogen-bond donors (Lipinski definition) is 1. The molecule has 7 nitrogen and oxygen atoms in total. The van der Waals surface area contributed by atoms with Gasteiger partial charge in [0.25, 0.3) is 5.91 Å². The quantitative estimate of drug-likeness (QED) is 0.520. The highest BCUT2D eigenvalue weighted by molar-refractivity contribution is 5.99. The maximum Gasteiger partial charge on any atom is 0.261 e. The number of amides is 1. The summed E-state index contributed by atoms with van der Waals surface area (Å²) in [4.78, 5) is 19.8. The van der Waals surface area contributed by atoms with Crippen LogP contribution in [0.2, 0.25) is 0 Å². The monoisotopic (exact) mass is 423 g/mol. The van der Waals surface area contributed by atoms with Crippen molar-refractivity contribution >= 4 is 11.6 Å². The van der Waals surface area contributed by atoms with Crippen LogP contribution in [0, 0.1) is 0 Å². The van der Waals surface area contributed by atoms with Crippen molar-refractivity contribution in [3.8, 4) is 11.5 Å². The van der Waals surface area contributed by atoms with Gasteiger partial charge < -0.3 is 19.6 Å². The molecule has 0 radical (unpaired) electrons. The molecule has 0 atom stereocenters. The van der Waals surface area contributed by atoms with E-state index in [0.717, 1.165) is 23.4 Å². The molecule has 0 saturated carbocycles. The SMILES string of the molecule is C/C(=N/OCC(=O)NCc1ccc(CN2CCCCC2)cc1)c1ccc2c(c1)OCO2. The molecule has 2 aromatic carbocycles. The molecule has 2 aliphatic heterocycles. The number of ether oxygens (including phenoxy) is 2. The molecule has 0 spiro atoms. The lowest BCUT2D eigenvalue weighted by molar-refractivity contribution is -0.125. The molecule has 4 rings (SSSR count). The van der Waals surface area contributed by atoms with E-state index in [1.165, 1.54) is 37.9 Å². The van der Waals surface area contributed by atoms with Crippen molar-refractivity contribution in [1.29, 1.82) is 0 Å². The van der Waals surface area contributed by atoms with E-state index in [1.54, 1.807) is 0 Å². The summed E-state index contributed by atoms with van der Waals surface area (Å²) in [6.45, 7) is 5.77. The van der Waals surface area contributed by atoms with E-state index < -0.39 is 0 Å². The molecule has 1 amide bonds. The highest BCUT2D eigenvalue weighted by atomic mass is 16.7. The number of rotatable bonds is 8. The molecule has 2 heterocycles. The molecule has 1 N–H and O–H groups in total. The number of fused-ring (bicyclic) bond motifs is 1. The minimum Gasteiger partial charge on any atom is -0.454 e. The lowest BCUT2D eigenvalue weighted by atomic mass is 10.1. The molecule has 2 aliphatic rings. The summed E-state index contributed by atoms with van der Waals surface area (Å²) in [5.41, 5.74) is 3.90. The minimum absolute atomic E-state index is 0.130. The van der Waals surface area contributed by atoms with Crippen LogP contribution in [-0.2, 0) is 22.7 Å². The van der Waals surface area contributed by atoms with Crippen LogP contribution in [0.1, 0.15) is 42.9 Å². The van der Waals surface area contributed by atoms with Gasteiger partial charge in [-0.05, 0) is 62.2 Å².